The van der Waals surface area contributed by atoms with Gasteiger partial charge in [0.05, 0.1) is 0 Å². The van der Waals surface area contributed by atoms with Gasteiger partial charge in [-0.15, -0.1) is 0 Å². The van der Waals surface area contributed by atoms with Crippen LogP contribution in [-0.4, -0.2) is 0 Å². The fourth-order valence-corrected chi connectivity index (χ4v) is 4.37. The third-order valence-electron chi connectivity index (χ3n) is 4.79. The Kier molecular flexibility index (Phi) is 3.64. The molecule has 4 aromatic rings. The van der Waals surface area contributed by atoms with Crippen LogP contribution in [0.15, 0.2) is 72.8 Å². The van der Waals surface area contributed by atoms with Gasteiger partial charge in [0.1, 0.15) is 12.4 Å². The SMILES string of the molecule is c1cc2ccc3cc2cc1COc1ccc2ccc(cc2c1)CSC3. The lowest BCUT2D eigenvalue weighted by molar-refractivity contribution is 0.307. The van der Waals surface area contributed by atoms with Gasteiger partial charge >= 0.3 is 0 Å². The maximum absolute atomic E-state index is 6.06. The summed E-state index contributed by atoms with van der Waals surface area (Å²) in [6, 6.07) is 26.5. The van der Waals surface area contributed by atoms with Crippen LogP contribution in [0.4, 0.5) is 0 Å². The normalized spacial score (nSPS) is 14.1. The largest absolute Gasteiger partial charge is 0.489 e. The van der Waals surface area contributed by atoms with Crippen molar-refractivity contribution in [3.63, 3.8) is 0 Å². The van der Waals surface area contributed by atoms with Crippen molar-refractivity contribution in [1.29, 1.82) is 0 Å². The first-order valence-electron chi connectivity index (χ1n) is 8.58. The van der Waals surface area contributed by atoms with Crippen LogP contribution in [0.3, 0.4) is 0 Å². The lowest BCUT2D eigenvalue weighted by atomic mass is 10.0. The van der Waals surface area contributed by atoms with Gasteiger partial charge < -0.3 is 4.74 Å². The number of hydrogen-bond acceptors (Lipinski definition) is 2. The van der Waals surface area contributed by atoms with Gasteiger partial charge in [0.25, 0.3) is 0 Å². The summed E-state index contributed by atoms with van der Waals surface area (Å²) in [5, 5.41) is 5.10. The fourth-order valence-electron chi connectivity index (χ4n) is 3.43. The van der Waals surface area contributed by atoms with Gasteiger partial charge in [0.2, 0.25) is 0 Å². The number of ether oxygens (including phenoxy) is 1. The molecule has 5 rings (SSSR count). The van der Waals surface area contributed by atoms with Crippen LogP contribution in [-0.2, 0) is 18.1 Å². The van der Waals surface area contributed by atoms with Crippen molar-refractivity contribution in [3.05, 3.63) is 89.5 Å². The number of benzene rings is 4. The van der Waals surface area contributed by atoms with Gasteiger partial charge in [-0.3, -0.25) is 0 Å². The van der Waals surface area contributed by atoms with Gasteiger partial charge in [0, 0.05) is 11.5 Å². The Balaban J connectivity index is 1.61. The Labute approximate surface area is 151 Å². The quantitative estimate of drug-likeness (QED) is 0.370. The van der Waals surface area contributed by atoms with E-state index in [0.717, 1.165) is 17.3 Å². The van der Waals surface area contributed by atoms with E-state index in [-0.39, 0.29) is 0 Å². The van der Waals surface area contributed by atoms with Crippen LogP contribution < -0.4 is 4.74 Å². The lowest BCUT2D eigenvalue weighted by Gasteiger charge is -2.09. The van der Waals surface area contributed by atoms with Crippen LogP contribution in [0.1, 0.15) is 16.7 Å². The standard InChI is InChI=1S/C23H18OS/c1-4-19-5-2-17-10-21(19)9-16(1)13-24-23-8-7-20-6-3-18(15-25-14-17)11-22(20)12-23/h1-12H,13-15H2. The Morgan fingerprint density at radius 1 is 0.560 bits per heavy atom. The highest BCUT2D eigenvalue weighted by atomic mass is 32.2. The molecular weight excluding hydrogens is 324 g/mol. The number of fused-ring (bicyclic) bond motifs is 4. The number of rotatable bonds is 0. The summed E-state index contributed by atoms with van der Waals surface area (Å²) >= 11 is 1.97. The summed E-state index contributed by atoms with van der Waals surface area (Å²) in [6.45, 7) is 0.597. The molecule has 1 nitrogen and oxygen atoms in total. The van der Waals surface area contributed by atoms with Crippen molar-refractivity contribution >= 4 is 33.3 Å². The molecular formula is C23H18OS. The Morgan fingerprint density at radius 2 is 1.12 bits per heavy atom. The molecule has 0 unspecified atom stereocenters. The number of thioether (sulfide) groups is 1. The summed E-state index contributed by atoms with van der Waals surface area (Å²) in [6.07, 6.45) is 0. The zero-order chi connectivity index (χ0) is 16.6. The second-order valence-corrected chi connectivity index (χ2v) is 7.63. The third-order valence-corrected chi connectivity index (χ3v) is 5.86. The minimum Gasteiger partial charge on any atom is -0.489 e. The van der Waals surface area contributed by atoms with E-state index in [2.05, 4.69) is 72.8 Å². The summed E-state index contributed by atoms with van der Waals surface area (Å²) in [5.74, 6) is 2.99. The van der Waals surface area contributed by atoms with E-state index in [1.807, 2.05) is 11.8 Å². The minimum atomic E-state index is 0.597. The highest BCUT2D eigenvalue weighted by Gasteiger charge is 2.05. The monoisotopic (exact) mass is 342 g/mol. The zero-order valence-corrected chi connectivity index (χ0v) is 14.7. The first kappa shape index (κ1) is 14.9. The molecule has 6 bridgehead atoms. The van der Waals surface area contributed by atoms with Crippen molar-refractivity contribution in [1.82, 2.24) is 0 Å². The molecule has 0 atom stereocenters. The maximum atomic E-state index is 6.06. The summed E-state index contributed by atoms with van der Waals surface area (Å²) in [7, 11) is 0. The summed E-state index contributed by atoms with van der Waals surface area (Å²) in [4.78, 5) is 0. The van der Waals surface area contributed by atoms with E-state index in [4.69, 9.17) is 4.74 Å². The topological polar surface area (TPSA) is 9.23 Å². The Bertz CT molecular complexity index is 997. The first-order valence-corrected chi connectivity index (χ1v) is 9.74. The maximum Gasteiger partial charge on any atom is 0.120 e. The molecule has 1 aliphatic rings. The van der Waals surface area contributed by atoms with Crippen molar-refractivity contribution in [3.8, 4) is 5.75 Å². The smallest absolute Gasteiger partial charge is 0.120 e. The molecule has 0 N–H and O–H groups in total. The number of hydrogen-bond donors (Lipinski definition) is 0. The minimum absolute atomic E-state index is 0.597. The summed E-state index contributed by atoms with van der Waals surface area (Å²) in [5.41, 5.74) is 3.96. The molecule has 0 amide bonds. The van der Waals surface area contributed by atoms with Crippen molar-refractivity contribution in [2.75, 3.05) is 0 Å². The Hall–Kier alpha value is -2.45. The van der Waals surface area contributed by atoms with Crippen molar-refractivity contribution in [2.45, 2.75) is 18.1 Å². The Morgan fingerprint density at radius 3 is 1.84 bits per heavy atom. The average Bonchev–Trinajstić information content (AvgIpc) is 2.65. The van der Waals surface area contributed by atoms with Gasteiger partial charge in [-0.1, -0.05) is 54.6 Å². The van der Waals surface area contributed by atoms with Crippen LogP contribution >= 0.6 is 11.8 Å². The van der Waals surface area contributed by atoms with E-state index in [9.17, 15) is 0 Å². The van der Waals surface area contributed by atoms with Crippen LogP contribution in [0, 0.1) is 0 Å². The van der Waals surface area contributed by atoms with E-state index in [1.54, 1.807) is 0 Å². The van der Waals surface area contributed by atoms with Crippen LogP contribution in [0.25, 0.3) is 21.5 Å². The van der Waals surface area contributed by atoms with Gasteiger partial charge in [-0.25, -0.2) is 0 Å². The molecule has 1 heterocycles. The fraction of sp³-hybridized carbons (Fsp3) is 0.130. The molecule has 2 heteroatoms. The molecule has 0 saturated carbocycles. The van der Waals surface area contributed by atoms with Gasteiger partial charge in [0.15, 0.2) is 0 Å². The van der Waals surface area contributed by atoms with E-state index < -0.39 is 0 Å². The highest BCUT2D eigenvalue weighted by Crippen LogP contribution is 2.27. The molecule has 122 valence electrons. The molecule has 0 spiro atoms. The average molecular weight is 342 g/mol. The molecule has 0 aromatic heterocycles. The first-order chi connectivity index (χ1) is 12.3. The molecule has 0 aliphatic carbocycles. The van der Waals surface area contributed by atoms with Crippen molar-refractivity contribution in [2.24, 2.45) is 0 Å². The van der Waals surface area contributed by atoms with Gasteiger partial charge in [-0.2, -0.15) is 11.8 Å². The highest BCUT2D eigenvalue weighted by molar-refractivity contribution is 7.97. The zero-order valence-electron chi connectivity index (χ0n) is 13.9. The molecule has 1 aliphatic heterocycles. The third kappa shape index (κ3) is 2.98. The van der Waals surface area contributed by atoms with Gasteiger partial charge in [-0.05, 0) is 56.4 Å². The van der Waals surface area contributed by atoms with E-state index in [0.29, 0.717) is 6.61 Å². The molecule has 25 heavy (non-hydrogen) atoms. The van der Waals surface area contributed by atoms with Crippen LogP contribution in [0.5, 0.6) is 5.75 Å². The molecule has 4 aromatic carbocycles. The van der Waals surface area contributed by atoms with E-state index >= 15 is 0 Å². The predicted molar refractivity (Wildman–Crippen MR) is 107 cm³/mol. The summed E-state index contributed by atoms with van der Waals surface area (Å²) < 4.78 is 6.06. The molecule has 0 radical (unpaired) electrons. The van der Waals surface area contributed by atoms with Crippen molar-refractivity contribution < 1.29 is 4.74 Å². The molecule has 0 fully saturated rings. The predicted octanol–water partition coefficient (Wildman–Crippen LogP) is 6.32. The lowest BCUT2D eigenvalue weighted by Crippen LogP contribution is -1.95. The second kappa shape index (κ2) is 6.12. The van der Waals surface area contributed by atoms with E-state index in [1.165, 1.54) is 38.2 Å². The second-order valence-electron chi connectivity index (χ2n) is 6.64. The molecule has 0 saturated heterocycles. The van der Waals surface area contributed by atoms with Crippen LogP contribution in [0.2, 0.25) is 0 Å².